The van der Waals surface area contributed by atoms with Gasteiger partial charge in [0.1, 0.15) is 12.1 Å². The first kappa shape index (κ1) is 27.1. The van der Waals surface area contributed by atoms with Crippen molar-refractivity contribution in [2.45, 2.75) is 57.2 Å². The predicted octanol–water partition coefficient (Wildman–Crippen LogP) is -3.31. The van der Waals surface area contributed by atoms with Gasteiger partial charge in [-0.25, -0.2) is 4.79 Å². The summed E-state index contributed by atoms with van der Waals surface area (Å²) in [5, 5.41) is 16.6. The highest BCUT2D eigenvalue weighted by atomic mass is 16.4. The van der Waals surface area contributed by atoms with Gasteiger partial charge in [0.25, 0.3) is 0 Å². The van der Waals surface area contributed by atoms with E-state index in [0.717, 1.165) is 0 Å². The summed E-state index contributed by atoms with van der Waals surface area (Å²) >= 11 is 0. The number of nitrogens with one attached hydrogen (secondary N) is 3. The second kappa shape index (κ2) is 15.0. The Morgan fingerprint density at radius 3 is 2.13 bits per heavy atom. The molecule has 0 bridgehead atoms. The Morgan fingerprint density at radius 1 is 0.967 bits per heavy atom. The standard InChI is InChI=1S/C17H34N8O5/c1-10(19)14(27)23-9-13(26)24-11(5-2-3-7-18)15(28)25-12(16(29)30)6-4-8-22-17(20)21/h10-12H,2-9,18-19H2,1H3,(H,23,27)(H,24,26)(H,25,28)(H,29,30)(H4,20,21,22). The van der Waals surface area contributed by atoms with Gasteiger partial charge in [-0.15, -0.1) is 0 Å². The maximum absolute atomic E-state index is 12.6. The number of carboxylic acids is 1. The van der Waals surface area contributed by atoms with Crippen LogP contribution in [-0.4, -0.2) is 72.5 Å². The molecular formula is C17H34N8O5. The summed E-state index contributed by atoms with van der Waals surface area (Å²) in [7, 11) is 0. The molecule has 0 aliphatic carbocycles. The molecule has 0 heterocycles. The summed E-state index contributed by atoms with van der Waals surface area (Å²) in [6.07, 6.45) is 1.87. The van der Waals surface area contributed by atoms with Gasteiger partial charge in [0.15, 0.2) is 5.96 Å². The van der Waals surface area contributed by atoms with Crippen molar-refractivity contribution in [1.82, 2.24) is 16.0 Å². The van der Waals surface area contributed by atoms with Crippen molar-refractivity contribution in [2.75, 3.05) is 19.6 Å². The zero-order valence-corrected chi connectivity index (χ0v) is 17.2. The molecule has 30 heavy (non-hydrogen) atoms. The van der Waals surface area contributed by atoms with E-state index in [9.17, 15) is 24.3 Å². The Morgan fingerprint density at radius 2 is 1.60 bits per heavy atom. The first-order valence-corrected chi connectivity index (χ1v) is 9.69. The zero-order valence-electron chi connectivity index (χ0n) is 17.2. The molecule has 0 spiro atoms. The fourth-order valence-electron chi connectivity index (χ4n) is 2.37. The van der Waals surface area contributed by atoms with Crippen LogP contribution in [0.3, 0.4) is 0 Å². The summed E-state index contributed by atoms with van der Waals surface area (Å²) < 4.78 is 0. The van der Waals surface area contributed by atoms with Crippen LogP contribution in [0, 0.1) is 0 Å². The minimum Gasteiger partial charge on any atom is -0.480 e. The highest BCUT2D eigenvalue weighted by molar-refractivity contribution is 5.92. The van der Waals surface area contributed by atoms with Crippen LogP contribution >= 0.6 is 0 Å². The van der Waals surface area contributed by atoms with E-state index in [2.05, 4.69) is 20.9 Å². The highest BCUT2D eigenvalue weighted by Crippen LogP contribution is 2.04. The first-order valence-electron chi connectivity index (χ1n) is 9.69. The van der Waals surface area contributed by atoms with Gasteiger partial charge in [-0.2, -0.15) is 0 Å². The number of carbonyl (C=O) groups excluding carboxylic acids is 3. The quantitative estimate of drug-likeness (QED) is 0.0735. The Kier molecular flexibility index (Phi) is 13.5. The molecule has 0 aromatic heterocycles. The number of amides is 3. The van der Waals surface area contributed by atoms with E-state index in [1.165, 1.54) is 6.92 Å². The molecule has 0 fully saturated rings. The van der Waals surface area contributed by atoms with E-state index in [1.54, 1.807) is 0 Å². The molecule has 0 saturated heterocycles. The first-order chi connectivity index (χ1) is 14.1. The second-order valence-electron chi connectivity index (χ2n) is 6.76. The molecule has 0 radical (unpaired) electrons. The van der Waals surface area contributed by atoms with Crippen LogP contribution in [0.15, 0.2) is 4.99 Å². The number of carbonyl (C=O) groups is 4. The van der Waals surface area contributed by atoms with E-state index < -0.39 is 41.8 Å². The maximum Gasteiger partial charge on any atom is 0.326 e. The normalized spacial score (nSPS) is 13.4. The lowest BCUT2D eigenvalue weighted by Gasteiger charge is -2.21. The van der Waals surface area contributed by atoms with E-state index in [1.807, 2.05) is 0 Å². The lowest BCUT2D eigenvalue weighted by molar-refractivity contribution is -0.142. The van der Waals surface area contributed by atoms with Crippen LogP contribution < -0.4 is 38.9 Å². The smallest absolute Gasteiger partial charge is 0.326 e. The molecule has 12 N–H and O–H groups in total. The number of nitrogens with two attached hydrogens (primary N) is 4. The second-order valence-corrected chi connectivity index (χ2v) is 6.76. The number of aliphatic imine (C=N–C) groups is 1. The van der Waals surface area contributed by atoms with Crippen molar-refractivity contribution in [1.29, 1.82) is 0 Å². The molecule has 0 aliphatic heterocycles. The maximum atomic E-state index is 12.6. The zero-order chi connectivity index (χ0) is 23.1. The summed E-state index contributed by atoms with van der Waals surface area (Å²) in [4.78, 5) is 51.3. The third kappa shape index (κ3) is 12.5. The Bertz CT molecular complexity index is 607. The Hall–Kier alpha value is -2.93. The van der Waals surface area contributed by atoms with Crippen LogP contribution in [0.5, 0.6) is 0 Å². The molecule has 13 nitrogen and oxygen atoms in total. The van der Waals surface area contributed by atoms with Gasteiger partial charge in [-0.3, -0.25) is 19.4 Å². The molecular weight excluding hydrogens is 396 g/mol. The van der Waals surface area contributed by atoms with Crippen LogP contribution in [0.1, 0.15) is 39.0 Å². The van der Waals surface area contributed by atoms with Gasteiger partial charge < -0.3 is 44.0 Å². The van der Waals surface area contributed by atoms with E-state index >= 15 is 0 Å². The van der Waals surface area contributed by atoms with Crippen molar-refractivity contribution in [3.63, 3.8) is 0 Å². The van der Waals surface area contributed by atoms with Crippen molar-refractivity contribution in [3.05, 3.63) is 0 Å². The van der Waals surface area contributed by atoms with Gasteiger partial charge in [0.2, 0.25) is 17.7 Å². The molecule has 0 aromatic rings. The summed E-state index contributed by atoms with van der Waals surface area (Å²) in [5.74, 6) is -3.08. The van der Waals surface area contributed by atoms with Gasteiger partial charge in [0.05, 0.1) is 12.6 Å². The molecule has 0 aliphatic rings. The summed E-state index contributed by atoms with van der Waals surface area (Å²) in [6.45, 7) is 1.74. The molecule has 172 valence electrons. The monoisotopic (exact) mass is 430 g/mol. The average molecular weight is 431 g/mol. The van der Waals surface area contributed by atoms with Crippen molar-refractivity contribution in [2.24, 2.45) is 27.9 Å². The van der Waals surface area contributed by atoms with E-state index in [4.69, 9.17) is 22.9 Å². The fraction of sp³-hybridized carbons (Fsp3) is 0.706. The van der Waals surface area contributed by atoms with Crippen LogP contribution in [-0.2, 0) is 19.2 Å². The average Bonchev–Trinajstić information content (AvgIpc) is 2.66. The van der Waals surface area contributed by atoms with Crippen LogP contribution in [0.25, 0.3) is 0 Å². The number of aliphatic carboxylic acids is 1. The summed E-state index contributed by atoms with van der Waals surface area (Å²) in [5.41, 5.74) is 21.3. The summed E-state index contributed by atoms with van der Waals surface area (Å²) in [6, 6.07) is -2.93. The van der Waals surface area contributed by atoms with E-state index in [0.29, 0.717) is 25.8 Å². The van der Waals surface area contributed by atoms with Crippen molar-refractivity contribution >= 4 is 29.7 Å². The molecule has 0 saturated carbocycles. The number of carboxylic acid groups (broad SMARTS) is 1. The van der Waals surface area contributed by atoms with Crippen LogP contribution in [0.4, 0.5) is 0 Å². The number of hydrogen-bond acceptors (Lipinski definition) is 7. The topological polar surface area (TPSA) is 241 Å². The SMILES string of the molecule is CC(N)C(=O)NCC(=O)NC(CCCCN)C(=O)NC(CCCN=C(N)N)C(=O)O. The van der Waals surface area contributed by atoms with E-state index in [-0.39, 0.29) is 31.9 Å². The molecule has 0 aromatic carbocycles. The van der Waals surface area contributed by atoms with Crippen LogP contribution in [0.2, 0.25) is 0 Å². The van der Waals surface area contributed by atoms with Gasteiger partial charge in [-0.1, -0.05) is 0 Å². The number of unbranched alkanes of at least 4 members (excludes halogenated alkanes) is 1. The van der Waals surface area contributed by atoms with Crippen molar-refractivity contribution < 1.29 is 24.3 Å². The molecule has 3 amide bonds. The third-order valence-corrected chi connectivity index (χ3v) is 4.00. The minimum absolute atomic E-state index is 0.103. The molecule has 13 heteroatoms. The largest absolute Gasteiger partial charge is 0.480 e. The molecule has 3 atom stereocenters. The lowest BCUT2D eigenvalue weighted by atomic mass is 10.1. The third-order valence-electron chi connectivity index (χ3n) is 4.00. The van der Waals surface area contributed by atoms with Gasteiger partial charge >= 0.3 is 5.97 Å². The number of guanidine groups is 1. The lowest BCUT2D eigenvalue weighted by Crippen LogP contribution is -2.53. The number of hydrogen-bond donors (Lipinski definition) is 8. The number of nitrogens with zero attached hydrogens (tertiary/aromatic N) is 1. The molecule has 3 unspecified atom stereocenters. The minimum atomic E-state index is -1.22. The van der Waals surface area contributed by atoms with Gasteiger partial charge in [0, 0.05) is 6.54 Å². The Balaban J connectivity index is 4.90. The highest BCUT2D eigenvalue weighted by Gasteiger charge is 2.26. The Labute approximate surface area is 175 Å². The number of rotatable bonds is 15. The van der Waals surface area contributed by atoms with Gasteiger partial charge in [-0.05, 0) is 45.6 Å². The predicted molar refractivity (Wildman–Crippen MR) is 111 cm³/mol. The van der Waals surface area contributed by atoms with Crippen molar-refractivity contribution in [3.8, 4) is 0 Å². The molecule has 0 rings (SSSR count). The fourth-order valence-corrected chi connectivity index (χ4v) is 2.37.